The molecule has 2 aromatic rings. The summed E-state index contributed by atoms with van der Waals surface area (Å²) in [7, 11) is -3.51. The minimum absolute atomic E-state index is 0.148. The molecule has 0 saturated carbocycles. The Kier molecular flexibility index (Phi) is 3.14. The van der Waals surface area contributed by atoms with Gasteiger partial charge >= 0.3 is 0 Å². The van der Waals surface area contributed by atoms with E-state index in [1.165, 1.54) is 23.5 Å². The van der Waals surface area contributed by atoms with Crippen LogP contribution >= 0.6 is 0 Å². The fourth-order valence-electron chi connectivity index (χ4n) is 2.98. The fraction of sp³-hybridized carbons (Fsp3) is 0.357. The van der Waals surface area contributed by atoms with E-state index >= 15 is 0 Å². The molecule has 106 valence electrons. The summed E-state index contributed by atoms with van der Waals surface area (Å²) in [5, 5.41) is 6.22. The topological polar surface area (TPSA) is 74.8 Å². The van der Waals surface area contributed by atoms with E-state index in [-0.39, 0.29) is 10.9 Å². The lowest BCUT2D eigenvalue weighted by molar-refractivity contribution is 0.554. The summed E-state index contributed by atoms with van der Waals surface area (Å²) in [4.78, 5) is 0.177. The van der Waals surface area contributed by atoms with Crippen molar-refractivity contribution in [1.82, 2.24) is 14.9 Å². The standard InChI is InChI=1S/C14H17N3O2S/c1-9-5-10(2)14-11(6-9)3-4-13(14)17-20(18,19)12-7-15-16-8-12/h5-8,13,17H,3-4H2,1-2H3,(H,15,16). The third-order valence-electron chi connectivity index (χ3n) is 3.75. The van der Waals surface area contributed by atoms with Gasteiger partial charge in [-0.05, 0) is 43.4 Å². The van der Waals surface area contributed by atoms with E-state index in [1.54, 1.807) is 0 Å². The monoisotopic (exact) mass is 291 g/mol. The molecule has 20 heavy (non-hydrogen) atoms. The maximum Gasteiger partial charge on any atom is 0.244 e. The van der Waals surface area contributed by atoms with E-state index < -0.39 is 10.0 Å². The quantitative estimate of drug-likeness (QED) is 0.908. The first-order valence-electron chi connectivity index (χ1n) is 6.58. The minimum atomic E-state index is -3.51. The second kappa shape index (κ2) is 4.71. The van der Waals surface area contributed by atoms with Crippen molar-refractivity contribution in [2.45, 2.75) is 37.6 Å². The summed E-state index contributed by atoms with van der Waals surface area (Å²) in [5.74, 6) is 0. The van der Waals surface area contributed by atoms with Gasteiger partial charge < -0.3 is 0 Å². The Labute approximate surface area is 118 Å². The highest BCUT2D eigenvalue weighted by Gasteiger charge is 2.29. The lowest BCUT2D eigenvalue weighted by Gasteiger charge is -2.16. The van der Waals surface area contributed by atoms with Gasteiger partial charge in [-0.25, -0.2) is 13.1 Å². The molecule has 0 spiro atoms. The summed E-state index contributed by atoms with van der Waals surface area (Å²) < 4.78 is 27.3. The number of sulfonamides is 1. The molecule has 1 aromatic carbocycles. The van der Waals surface area contributed by atoms with Gasteiger partial charge in [0.05, 0.1) is 6.20 Å². The molecular weight excluding hydrogens is 274 g/mol. The smallest absolute Gasteiger partial charge is 0.244 e. The average Bonchev–Trinajstić information content (AvgIpc) is 2.98. The second-order valence-electron chi connectivity index (χ2n) is 5.30. The fourth-order valence-corrected chi connectivity index (χ4v) is 4.12. The van der Waals surface area contributed by atoms with Crippen molar-refractivity contribution in [2.24, 2.45) is 0 Å². The Morgan fingerprint density at radius 2 is 2.15 bits per heavy atom. The molecule has 5 nitrogen and oxygen atoms in total. The van der Waals surface area contributed by atoms with Crippen LogP contribution in [0.3, 0.4) is 0 Å². The second-order valence-corrected chi connectivity index (χ2v) is 7.02. The summed E-state index contributed by atoms with van der Waals surface area (Å²) in [6.45, 7) is 4.10. The van der Waals surface area contributed by atoms with Gasteiger partial charge in [0.1, 0.15) is 4.90 Å². The van der Waals surface area contributed by atoms with Crippen molar-refractivity contribution in [3.63, 3.8) is 0 Å². The predicted octanol–water partition coefficient (Wildman–Crippen LogP) is 1.99. The zero-order valence-corrected chi connectivity index (χ0v) is 12.3. The highest BCUT2D eigenvalue weighted by Crippen LogP contribution is 2.35. The SMILES string of the molecule is Cc1cc(C)c2c(c1)CCC2NS(=O)(=O)c1cn[nH]c1. The van der Waals surface area contributed by atoms with Crippen molar-refractivity contribution < 1.29 is 8.42 Å². The summed E-state index contributed by atoms with van der Waals surface area (Å²) >= 11 is 0. The van der Waals surface area contributed by atoms with Crippen LogP contribution < -0.4 is 4.72 Å². The van der Waals surface area contributed by atoms with Gasteiger partial charge in [-0.2, -0.15) is 5.10 Å². The molecule has 0 aliphatic heterocycles. The number of nitrogens with zero attached hydrogens (tertiary/aromatic N) is 1. The molecule has 0 saturated heterocycles. The largest absolute Gasteiger partial charge is 0.284 e. The van der Waals surface area contributed by atoms with Crippen molar-refractivity contribution in [1.29, 1.82) is 0 Å². The van der Waals surface area contributed by atoms with E-state index in [1.807, 2.05) is 6.92 Å². The first-order chi connectivity index (χ1) is 9.47. The molecule has 2 N–H and O–H groups in total. The number of hydrogen-bond donors (Lipinski definition) is 2. The third-order valence-corrected chi connectivity index (χ3v) is 5.19. The zero-order chi connectivity index (χ0) is 14.3. The van der Waals surface area contributed by atoms with E-state index in [9.17, 15) is 8.42 Å². The number of fused-ring (bicyclic) bond motifs is 1. The molecule has 0 fully saturated rings. The third kappa shape index (κ3) is 2.25. The maximum atomic E-state index is 12.3. The van der Waals surface area contributed by atoms with Crippen LogP contribution in [0.4, 0.5) is 0 Å². The number of nitrogens with one attached hydrogen (secondary N) is 2. The summed E-state index contributed by atoms with van der Waals surface area (Å²) in [6.07, 6.45) is 4.42. The highest BCUT2D eigenvalue weighted by atomic mass is 32.2. The first kappa shape index (κ1) is 13.3. The Hall–Kier alpha value is -1.66. The lowest BCUT2D eigenvalue weighted by atomic mass is 10.00. The van der Waals surface area contributed by atoms with Gasteiger partial charge in [-0.3, -0.25) is 5.10 Å². The molecular formula is C14H17N3O2S. The molecule has 1 aliphatic carbocycles. The first-order valence-corrected chi connectivity index (χ1v) is 8.07. The van der Waals surface area contributed by atoms with Crippen LogP contribution in [0.2, 0.25) is 0 Å². The molecule has 1 atom stereocenters. The van der Waals surface area contributed by atoms with Crippen LogP contribution in [-0.2, 0) is 16.4 Å². The van der Waals surface area contributed by atoms with Gasteiger partial charge in [0.15, 0.2) is 0 Å². The number of rotatable bonds is 3. The molecule has 3 rings (SSSR count). The van der Waals surface area contributed by atoms with E-state index in [2.05, 4.69) is 34.0 Å². The summed E-state index contributed by atoms with van der Waals surface area (Å²) in [5.41, 5.74) is 4.75. The Morgan fingerprint density at radius 1 is 1.35 bits per heavy atom. The van der Waals surface area contributed by atoms with Gasteiger partial charge in [0, 0.05) is 12.2 Å². The van der Waals surface area contributed by atoms with Crippen molar-refractivity contribution in [2.75, 3.05) is 0 Å². The van der Waals surface area contributed by atoms with Crippen molar-refractivity contribution >= 4 is 10.0 Å². The van der Waals surface area contributed by atoms with Gasteiger partial charge in [0.2, 0.25) is 10.0 Å². The average molecular weight is 291 g/mol. The maximum absolute atomic E-state index is 12.3. The van der Waals surface area contributed by atoms with E-state index in [0.717, 1.165) is 24.0 Å². The zero-order valence-electron chi connectivity index (χ0n) is 11.5. The van der Waals surface area contributed by atoms with Gasteiger partial charge in [-0.15, -0.1) is 0 Å². The molecule has 0 amide bonds. The van der Waals surface area contributed by atoms with Crippen LogP contribution in [-0.4, -0.2) is 18.6 Å². The number of aromatic amines is 1. The number of benzene rings is 1. The highest BCUT2D eigenvalue weighted by molar-refractivity contribution is 7.89. The van der Waals surface area contributed by atoms with Crippen LogP contribution in [0.1, 0.15) is 34.7 Å². The molecule has 1 unspecified atom stereocenters. The van der Waals surface area contributed by atoms with Crippen LogP contribution in [0.5, 0.6) is 0 Å². The molecule has 1 aliphatic rings. The number of H-pyrrole nitrogens is 1. The minimum Gasteiger partial charge on any atom is -0.284 e. The number of hydrogen-bond acceptors (Lipinski definition) is 3. The predicted molar refractivity (Wildman–Crippen MR) is 75.9 cm³/mol. The number of aromatic nitrogens is 2. The van der Waals surface area contributed by atoms with Crippen LogP contribution in [0, 0.1) is 13.8 Å². The van der Waals surface area contributed by atoms with Gasteiger partial charge in [-0.1, -0.05) is 17.7 Å². The Morgan fingerprint density at radius 3 is 2.85 bits per heavy atom. The van der Waals surface area contributed by atoms with Crippen molar-refractivity contribution in [3.8, 4) is 0 Å². The van der Waals surface area contributed by atoms with Crippen molar-refractivity contribution in [3.05, 3.63) is 46.8 Å². The van der Waals surface area contributed by atoms with Gasteiger partial charge in [0.25, 0.3) is 0 Å². The number of aryl methyl sites for hydroxylation is 3. The lowest BCUT2D eigenvalue weighted by Crippen LogP contribution is -2.27. The Bertz CT molecular complexity index is 736. The molecule has 6 heteroatoms. The summed E-state index contributed by atoms with van der Waals surface area (Å²) in [6, 6.07) is 4.10. The Balaban J connectivity index is 1.93. The molecule has 0 bridgehead atoms. The van der Waals surface area contributed by atoms with Crippen LogP contribution in [0.25, 0.3) is 0 Å². The molecule has 0 radical (unpaired) electrons. The molecule has 1 aromatic heterocycles. The van der Waals surface area contributed by atoms with Crippen LogP contribution in [0.15, 0.2) is 29.4 Å². The van der Waals surface area contributed by atoms with E-state index in [4.69, 9.17) is 0 Å². The van der Waals surface area contributed by atoms with E-state index in [0.29, 0.717) is 0 Å². The normalized spacial score (nSPS) is 18.2. The molecule has 1 heterocycles.